The van der Waals surface area contributed by atoms with Gasteiger partial charge in [-0.1, -0.05) is 6.07 Å². The van der Waals surface area contributed by atoms with Crippen LogP contribution < -0.4 is 11.1 Å². The van der Waals surface area contributed by atoms with Crippen LogP contribution in [0, 0.1) is 12.8 Å². The lowest BCUT2D eigenvalue weighted by atomic mass is 9.69. The Bertz CT molecular complexity index is 640. The molecule has 4 atom stereocenters. The van der Waals surface area contributed by atoms with Crippen LogP contribution in [-0.2, 0) is 4.74 Å². The van der Waals surface area contributed by atoms with Gasteiger partial charge in [0.1, 0.15) is 0 Å². The second kappa shape index (κ2) is 4.43. The predicted molar refractivity (Wildman–Crippen MR) is 75.6 cm³/mol. The Kier molecular flexibility index (Phi) is 2.68. The number of rotatable bonds is 2. The molecule has 1 saturated heterocycles. The Balaban J connectivity index is 1.57. The van der Waals surface area contributed by atoms with E-state index in [1.165, 1.54) is 6.42 Å². The number of fused-ring (bicyclic) bond motifs is 2. The largest absolute Gasteiger partial charge is 0.376 e. The molecule has 3 heterocycles. The predicted octanol–water partition coefficient (Wildman–Crippen LogP) is 0.954. The summed E-state index contributed by atoms with van der Waals surface area (Å²) in [5.74, 6) is 1.12. The maximum absolute atomic E-state index is 6.24. The normalized spacial score (nSPS) is 32.7. The highest BCUT2D eigenvalue weighted by Crippen LogP contribution is 2.38. The van der Waals surface area contributed by atoms with Gasteiger partial charge in [0, 0.05) is 24.8 Å². The summed E-state index contributed by atoms with van der Waals surface area (Å²) in [7, 11) is 0. The van der Waals surface area contributed by atoms with Crippen LogP contribution in [0.25, 0.3) is 5.65 Å². The van der Waals surface area contributed by atoms with Gasteiger partial charge in [-0.15, -0.1) is 5.10 Å². The lowest BCUT2D eigenvalue weighted by molar-refractivity contribution is -0.104. The molecule has 3 N–H and O–H groups in total. The van der Waals surface area contributed by atoms with Crippen LogP contribution in [0.15, 0.2) is 18.3 Å². The van der Waals surface area contributed by atoms with Crippen molar-refractivity contribution >= 4 is 11.6 Å². The molecule has 1 aliphatic heterocycles. The first-order valence-corrected chi connectivity index (χ1v) is 7.20. The van der Waals surface area contributed by atoms with E-state index >= 15 is 0 Å². The number of ether oxygens (including phenoxy) is 1. The van der Waals surface area contributed by atoms with Crippen molar-refractivity contribution in [1.29, 1.82) is 0 Å². The summed E-state index contributed by atoms with van der Waals surface area (Å²) < 4.78 is 7.62. The van der Waals surface area contributed by atoms with Gasteiger partial charge in [-0.2, -0.15) is 4.98 Å². The molecule has 0 spiro atoms. The monoisotopic (exact) mass is 273 g/mol. The van der Waals surface area contributed by atoms with Gasteiger partial charge in [-0.05, 0) is 31.4 Å². The Labute approximate surface area is 117 Å². The Morgan fingerprint density at radius 1 is 1.50 bits per heavy atom. The van der Waals surface area contributed by atoms with Gasteiger partial charge >= 0.3 is 0 Å². The summed E-state index contributed by atoms with van der Waals surface area (Å²) in [6.45, 7) is 2.87. The molecule has 106 valence electrons. The van der Waals surface area contributed by atoms with Crippen LogP contribution in [0.5, 0.6) is 0 Å². The number of anilines is 1. The minimum atomic E-state index is 0.123. The molecule has 4 unspecified atom stereocenters. The molecular weight excluding hydrogens is 254 g/mol. The number of nitrogens with two attached hydrogens (primary N) is 1. The molecule has 2 aliphatic rings. The van der Waals surface area contributed by atoms with Crippen molar-refractivity contribution in [2.24, 2.45) is 11.7 Å². The minimum Gasteiger partial charge on any atom is -0.376 e. The standard InChI is InChI=1S/C14H19N5O/c1-8-4-2-6-19-13(8)17-14(18-19)16-11-10(15)9-5-3-7-20-12(9)11/h2,4,6,9-12H,3,5,7,15H2,1H3,(H,16,18). The zero-order valence-electron chi connectivity index (χ0n) is 11.5. The third-order valence-corrected chi connectivity index (χ3v) is 4.53. The number of aromatic nitrogens is 3. The summed E-state index contributed by atoms with van der Waals surface area (Å²) in [5.41, 5.74) is 8.23. The molecule has 0 aromatic carbocycles. The summed E-state index contributed by atoms with van der Waals surface area (Å²) in [6.07, 6.45) is 4.41. The van der Waals surface area contributed by atoms with E-state index in [4.69, 9.17) is 10.5 Å². The molecule has 4 rings (SSSR count). The van der Waals surface area contributed by atoms with Gasteiger partial charge in [0.2, 0.25) is 5.95 Å². The van der Waals surface area contributed by atoms with E-state index in [-0.39, 0.29) is 18.2 Å². The van der Waals surface area contributed by atoms with Crippen LogP contribution in [-0.4, -0.2) is 39.4 Å². The molecular formula is C14H19N5O. The van der Waals surface area contributed by atoms with Crippen molar-refractivity contribution in [3.63, 3.8) is 0 Å². The molecule has 2 aromatic heterocycles. The number of pyridine rings is 1. The topological polar surface area (TPSA) is 77.5 Å². The second-order valence-corrected chi connectivity index (χ2v) is 5.78. The molecule has 1 aliphatic carbocycles. The van der Waals surface area contributed by atoms with Crippen molar-refractivity contribution in [3.05, 3.63) is 23.9 Å². The first-order valence-electron chi connectivity index (χ1n) is 7.20. The van der Waals surface area contributed by atoms with Crippen molar-refractivity contribution in [2.75, 3.05) is 11.9 Å². The van der Waals surface area contributed by atoms with Gasteiger partial charge in [0.05, 0.1) is 12.1 Å². The third kappa shape index (κ3) is 1.72. The highest BCUT2D eigenvalue weighted by Gasteiger charge is 2.50. The van der Waals surface area contributed by atoms with Gasteiger partial charge in [0.25, 0.3) is 0 Å². The van der Waals surface area contributed by atoms with E-state index in [1.807, 2.05) is 25.3 Å². The SMILES string of the molecule is Cc1cccn2nc(NC3C(N)C4CCCOC43)nc12. The molecule has 0 radical (unpaired) electrons. The number of aryl methyl sites for hydroxylation is 1. The van der Waals surface area contributed by atoms with Crippen LogP contribution >= 0.6 is 0 Å². The lowest BCUT2D eigenvalue weighted by Crippen LogP contribution is -2.69. The molecule has 20 heavy (non-hydrogen) atoms. The molecule has 0 amide bonds. The van der Waals surface area contributed by atoms with Crippen molar-refractivity contribution in [3.8, 4) is 0 Å². The minimum absolute atomic E-state index is 0.123. The maximum Gasteiger partial charge on any atom is 0.243 e. The number of nitrogens with one attached hydrogen (secondary N) is 1. The van der Waals surface area contributed by atoms with E-state index in [1.54, 1.807) is 4.52 Å². The lowest BCUT2D eigenvalue weighted by Gasteiger charge is -2.52. The van der Waals surface area contributed by atoms with Crippen LogP contribution in [0.3, 0.4) is 0 Å². The first-order chi connectivity index (χ1) is 9.74. The van der Waals surface area contributed by atoms with Crippen molar-refractivity contribution in [1.82, 2.24) is 14.6 Å². The fraction of sp³-hybridized carbons (Fsp3) is 0.571. The molecule has 2 fully saturated rings. The molecule has 0 bridgehead atoms. The fourth-order valence-electron chi connectivity index (χ4n) is 3.38. The summed E-state index contributed by atoms with van der Waals surface area (Å²) in [6, 6.07) is 4.25. The first kappa shape index (κ1) is 12.1. The van der Waals surface area contributed by atoms with Gasteiger partial charge in [-0.25, -0.2) is 4.52 Å². The zero-order valence-corrected chi connectivity index (χ0v) is 11.5. The number of nitrogens with zero attached hydrogens (tertiary/aromatic N) is 3. The third-order valence-electron chi connectivity index (χ3n) is 4.53. The number of hydrogen-bond acceptors (Lipinski definition) is 5. The second-order valence-electron chi connectivity index (χ2n) is 5.78. The van der Waals surface area contributed by atoms with Crippen molar-refractivity contribution < 1.29 is 4.74 Å². The Morgan fingerprint density at radius 2 is 2.40 bits per heavy atom. The maximum atomic E-state index is 6.24. The van der Waals surface area contributed by atoms with E-state index in [9.17, 15) is 0 Å². The van der Waals surface area contributed by atoms with Gasteiger partial charge in [-0.3, -0.25) is 0 Å². The summed E-state index contributed by atoms with van der Waals surface area (Å²) in [4.78, 5) is 4.54. The summed E-state index contributed by atoms with van der Waals surface area (Å²) >= 11 is 0. The van der Waals surface area contributed by atoms with Crippen LogP contribution in [0.1, 0.15) is 18.4 Å². The molecule has 1 saturated carbocycles. The highest BCUT2D eigenvalue weighted by molar-refractivity contribution is 5.50. The molecule has 2 aromatic rings. The van der Waals surface area contributed by atoms with E-state index < -0.39 is 0 Å². The highest BCUT2D eigenvalue weighted by atomic mass is 16.5. The zero-order chi connectivity index (χ0) is 13.7. The smallest absolute Gasteiger partial charge is 0.243 e. The quantitative estimate of drug-likeness (QED) is 0.852. The Hall–Kier alpha value is -1.66. The Morgan fingerprint density at radius 3 is 3.25 bits per heavy atom. The van der Waals surface area contributed by atoms with Gasteiger partial charge < -0.3 is 15.8 Å². The average molecular weight is 273 g/mol. The van der Waals surface area contributed by atoms with Crippen LogP contribution in [0.2, 0.25) is 0 Å². The summed E-state index contributed by atoms with van der Waals surface area (Å²) in [5, 5.41) is 7.80. The van der Waals surface area contributed by atoms with E-state index in [0.717, 1.165) is 24.2 Å². The average Bonchev–Trinajstić information content (AvgIpc) is 2.89. The fourth-order valence-corrected chi connectivity index (χ4v) is 3.38. The van der Waals surface area contributed by atoms with E-state index in [2.05, 4.69) is 15.4 Å². The van der Waals surface area contributed by atoms with Crippen LogP contribution in [0.4, 0.5) is 5.95 Å². The molecule has 6 nitrogen and oxygen atoms in total. The van der Waals surface area contributed by atoms with Crippen molar-refractivity contribution in [2.45, 2.75) is 38.0 Å². The molecule has 6 heteroatoms. The number of hydrogen-bond donors (Lipinski definition) is 2. The van der Waals surface area contributed by atoms with Gasteiger partial charge in [0.15, 0.2) is 5.65 Å². The van der Waals surface area contributed by atoms with E-state index in [0.29, 0.717) is 11.9 Å².